The Morgan fingerprint density at radius 1 is 1.67 bits per heavy atom. The van der Waals surface area contributed by atoms with Crippen LogP contribution in [0, 0.1) is 11.3 Å². The minimum atomic E-state index is 0. The normalized spacial score (nSPS) is 19.4. The van der Waals surface area contributed by atoms with E-state index in [-0.39, 0.29) is 24.0 Å². The lowest BCUT2D eigenvalue weighted by molar-refractivity contribution is -0.367. The molecule has 1 heterocycles. The highest BCUT2D eigenvalue weighted by Crippen LogP contribution is 2.17. The van der Waals surface area contributed by atoms with Crippen LogP contribution in [0.4, 0.5) is 0 Å². The second kappa shape index (κ2) is 5.21. The molecule has 0 aromatic rings. The largest absolute Gasteiger partial charge is 1.00 e. The Morgan fingerprint density at radius 3 is 2.58 bits per heavy atom. The molecule has 1 N–H and O–H groups in total. The minimum Gasteiger partial charge on any atom is -1.00 e. The molecule has 1 unspecified atom stereocenters. The predicted octanol–water partition coefficient (Wildman–Crippen LogP) is -1.20. The third kappa shape index (κ3) is 2.45. The number of nitrogens with one attached hydrogen (secondary N) is 1. The zero-order chi connectivity index (χ0) is 8.43. The summed E-state index contributed by atoms with van der Waals surface area (Å²) >= 11 is 1.63. The molecule has 1 aliphatic heterocycles. The molecule has 0 bridgehead atoms. The standard InChI is InChI=1S/C8H15N2S.HI/c1-4-6(2)7-5-11-8(9)10(7)3;/h6,9H,4-5H2,1-3H3;1H/q+1;/p-1. The van der Waals surface area contributed by atoms with Crippen LogP contribution in [0.15, 0.2) is 0 Å². The van der Waals surface area contributed by atoms with Gasteiger partial charge in [-0.1, -0.05) is 19.3 Å². The number of amidine groups is 1. The van der Waals surface area contributed by atoms with Gasteiger partial charge in [0.05, 0.1) is 18.5 Å². The minimum absolute atomic E-state index is 0. The summed E-state index contributed by atoms with van der Waals surface area (Å²) in [6.07, 6.45) is 1.17. The van der Waals surface area contributed by atoms with Gasteiger partial charge in [0.2, 0.25) is 0 Å². The van der Waals surface area contributed by atoms with Crippen molar-refractivity contribution < 1.29 is 28.6 Å². The van der Waals surface area contributed by atoms with Gasteiger partial charge in [0.1, 0.15) is 0 Å². The molecule has 0 aromatic heterocycles. The van der Waals surface area contributed by atoms with E-state index in [0.29, 0.717) is 11.1 Å². The summed E-state index contributed by atoms with van der Waals surface area (Å²) in [6.45, 7) is 4.42. The zero-order valence-corrected chi connectivity index (χ0v) is 10.7. The van der Waals surface area contributed by atoms with Crippen molar-refractivity contribution in [3.05, 3.63) is 0 Å². The topological polar surface area (TPSA) is 26.9 Å². The van der Waals surface area contributed by atoms with E-state index in [0.717, 1.165) is 5.75 Å². The van der Waals surface area contributed by atoms with E-state index in [1.54, 1.807) is 11.8 Å². The molecule has 0 radical (unpaired) electrons. The van der Waals surface area contributed by atoms with E-state index in [1.165, 1.54) is 12.1 Å². The number of thioether (sulfide) groups is 1. The van der Waals surface area contributed by atoms with Gasteiger partial charge in [-0.05, 0) is 18.2 Å². The predicted molar refractivity (Wildman–Crippen MR) is 50.8 cm³/mol. The van der Waals surface area contributed by atoms with Gasteiger partial charge in [0.25, 0.3) is 0 Å². The Balaban J connectivity index is 0.00000121. The number of hydrogen-bond acceptors (Lipinski definition) is 2. The summed E-state index contributed by atoms with van der Waals surface area (Å²) in [5.74, 6) is 1.65. The first kappa shape index (κ1) is 12.4. The molecule has 0 saturated heterocycles. The summed E-state index contributed by atoms with van der Waals surface area (Å²) in [7, 11) is 1.99. The first-order valence-corrected chi connectivity index (χ1v) is 4.96. The van der Waals surface area contributed by atoms with Gasteiger partial charge in [-0.15, -0.1) is 0 Å². The molecule has 0 saturated carbocycles. The van der Waals surface area contributed by atoms with Crippen LogP contribution in [0.2, 0.25) is 0 Å². The Labute approximate surface area is 95.3 Å². The van der Waals surface area contributed by atoms with Gasteiger partial charge in [-0.2, -0.15) is 0 Å². The molecule has 0 aliphatic carbocycles. The molecule has 70 valence electrons. The SMILES string of the molecule is CCC(C)C1=[N+](C)C(=N)SC1.[I-]. The van der Waals surface area contributed by atoms with Crippen molar-refractivity contribution in [2.75, 3.05) is 12.8 Å². The summed E-state index contributed by atoms with van der Waals surface area (Å²) < 4.78 is 2.01. The molecular formula is C8H15IN2S. The number of nitrogens with zero attached hydrogens (tertiary/aromatic N) is 1. The number of rotatable bonds is 2. The molecule has 1 atom stereocenters. The van der Waals surface area contributed by atoms with Gasteiger partial charge in [0, 0.05) is 5.92 Å². The van der Waals surface area contributed by atoms with Gasteiger partial charge in [-0.25, -0.2) is 4.58 Å². The van der Waals surface area contributed by atoms with Crippen LogP contribution in [0.1, 0.15) is 20.3 Å². The maximum Gasteiger partial charge on any atom is 0.351 e. The van der Waals surface area contributed by atoms with E-state index in [4.69, 9.17) is 5.41 Å². The molecule has 0 amide bonds. The Bertz CT molecular complexity index is 213. The number of halogens is 1. The fourth-order valence-corrected chi connectivity index (χ4v) is 2.25. The Kier molecular flexibility index (Phi) is 5.40. The third-order valence-electron chi connectivity index (χ3n) is 2.27. The lowest BCUT2D eigenvalue weighted by Crippen LogP contribution is -3.00. The fraction of sp³-hybridized carbons (Fsp3) is 0.750. The molecule has 1 aliphatic rings. The molecule has 1 rings (SSSR count). The maximum atomic E-state index is 7.52. The van der Waals surface area contributed by atoms with E-state index in [1.807, 2.05) is 11.6 Å². The first-order chi connectivity index (χ1) is 5.16. The quantitative estimate of drug-likeness (QED) is 0.503. The molecule has 0 aromatic carbocycles. The molecular weight excluding hydrogens is 283 g/mol. The molecule has 0 fully saturated rings. The van der Waals surface area contributed by atoms with Crippen molar-refractivity contribution in [1.82, 2.24) is 0 Å². The van der Waals surface area contributed by atoms with Gasteiger partial charge < -0.3 is 24.0 Å². The third-order valence-corrected chi connectivity index (χ3v) is 3.26. The van der Waals surface area contributed by atoms with Crippen molar-refractivity contribution in [2.45, 2.75) is 20.3 Å². The van der Waals surface area contributed by atoms with E-state index in [9.17, 15) is 0 Å². The second-order valence-corrected chi connectivity index (χ2v) is 3.92. The van der Waals surface area contributed by atoms with Crippen LogP contribution in [0.3, 0.4) is 0 Å². The zero-order valence-electron chi connectivity index (χ0n) is 7.72. The first-order valence-electron chi connectivity index (χ1n) is 3.97. The van der Waals surface area contributed by atoms with Crippen LogP contribution in [-0.2, 0) is 0 Å². The van der Waals surface area contributed by atoms with Crippen molar-refractivity contribution >= 4 is 22.6 Å². The van der Waals surface area contributed by atoms with Crippen molar-refractivity contribution in [1.29, 1.82) is 5.41 Å². The second-order valence-electron chi connectivity index (χ2n) is 2.95. The molecule has 12 heavy (non-hydrogen) atoms. The molecule has 2 nitrogen and oxygen atoms in total. The van der Waals surface area contributed by atoms with Crippen LogP contribution in [-0.4, -0.2) is 28.3 Å². The highest BCUT2D eigenvalue weighted by atomic mass is 127. The Morgan fingerprint density at radius 2 is 2.25 bits per heavy atom. The highest BCUT2D eigenvalue weighted by Gasteiger charge is 2.26. The average Bonchev–Trinajstić information content (AvgIpc) is 2.32. The Hall–Kier alpha value is 0.420. The number of hydrogen-bond donors (Lipinski definition) is 1. The average molecular weight is 298 g/mol. The van der Waals surface area contributed by atoms with Crippen molar-refractivity contribution in [3.8, 4) is 0 Å². The van der Waals surface area contributed by atoms with E-state index >= 15 is 0 Å². The maximum absolute atomic E-state index is 7.52. The summed E-state index contributed by atoms with van der Waals surface area (Å²) in [5, 5.41) is 8.22. The lowest BCUT2D eigenvalue weighted by Gasteiger charge is -2.05. The van der Waals surface area contributed by atoms with Crippen LogP contribution >= 0.6 is 11.8 Å². The summed E-state index contributed by atoms with van der Waals surface area (Å²) in [6, 6.07) is 0. The van der Waals surface area contributed by atoms with Crippen molar-refractivity contribution in [2.24, 2.45) is 5.92 Å². The highest BCUT2D eigenvalue weighted by molar-refractivity contribution is 8.14. The van der Waals surface area contributed by atoms with Gasteiger partial charge in [-0.3, -0.25) is 0 Å². The molecule has 4 heteroatoms. The lowest BCUT2D eigenvalue weighted by atomic mass is 10.0. The van der Waals surface area contributed by atoms with Crippen LogP contribution in [0.25, 0.3) is 0 Å². The fourth-order valence-electron chi connectivity index (χ4n) is 1.17. The monoisotopic (exact) mass is 298 g/mol. The summed E-state index contributed by atoms with van der Waals surface area (Å²) in [4.78, 5) is 0. The van der Waals surface area contributed by atoms with Gasteiger partial charge in [0.15, 0.2) is 0 Å². The molecule has 0 spiro atoms. The smallest absolute Gasteiger partial charge is 0.351 e. The summed E-state index contributed by atoms with van der Waals surface area (Å²) in [5.41, 5.74) is 1.41. The van der Waals surface area contributed by atoms with E-state index < -0.39 is 0 Å². The van der Waals surface area contributed by atoms with Gasteiger partial charge >= 0.3 is 5.17 Å². The van der Waals surface area contributed by atoms with Crippen LogP contribution < -0.4 is 24.0 Å². The van der Waals surface area contributed by atoms with Crippen molar-refractivity contribution in [3.63, 3.8) is 0 Å². The van der Waals surface area contributed by atoms with E-state index in [2.05, 4.69) is 13.8 Å². The van der Waals surface area contributed by atoms with Crippen LogP contribution in [0.5, 0.6) is 0 Å².